The quantitative estimate of drug-likeness (QED) is 0.922. The average molecular weight is 288 g/mol. The second-order valence-corrected chi connectivity index (χ2v) is 4.89. The summed E-state index contributed by atoms with van der Waals surface area (Å²) in [4.78, 5) is 12.8. The van der Waals surface area contributed by atoms with Gasteiger partial charge in [0.15, 0.2) is 0 Å². The van der Waals surface area contributed by atoms with E-state index in [9.17, 15) is 9.18 Å². The van der Waals surface area contributed by atoms with Crippen molar-refractivity contribution in [3.63, 3.8) is 0 Å². The van der Waals surface area contributed by atoms with Crippen LogP contribution in [0, 0.1) is 5.82 Å². The highest BCUT2D eigenvalue weighted by Crippen LogP contribution is 2.23. The van der Waals surface area contributed by atoms with E-state index in [0.717, 1.165) is 0 Å². The van der Waals surface area contributed by atoms with E-state index >= 15 is 0 Å². The molecule has 0 saturated carbocycles. The van der Waals surface area contributed by atoms with Crippen molar-refractivity contribution in [2.24, 2.45) is 0 Å². The Hall–Kier alpha value is -1.17. The van der Waals surface area contributed by atoms with Gasteiger partial charge in [-0.3, -0.25) is 9.69 Å². The van der Waals surface area contributed by atoms with Crippen LogP contribution in [-0.2, 0) is 16.1 Å². The summed E-state index contributed by atoms with van der Waals surface area (Å²) in [7, 11) is 0. The summed E-state index contributed by atoms with van der Waals surface area (Å²) in [6.07, 6.45) is 0.00688. The van der Waals surface area contributed by atoms with Gasteiger partial charge in [-0.05, 0) is 11.6 Å². The fourth-order valence-electron chi connectivity index (χ4n) is 2.18. The number of halogens is 2. The van der Waals surface area contributed by atoms with Gasteiger partial charge in [-0.2, -0.15) is 0 Å². The normalized spacial score (nSPS) is 20.4. The van der Waals surface area contributed by atoms with Crippen LogP contribution < -0.4 is 0 Å². The first kappa shape index (κ1) is 14.2. The second kappa shape index (κ2) is 6.32. The monoisotopic (exact) mass is 287 g/mol. The Morgan fingerprint density at radius 3 is 3.11 bits per heavy atom. The zero-order valence-electron chi connectivity index (χ0n) is 10.3. The molecule has 0 aromatic heterocycles. The lowest BCUT2D eigenvalue weighted by atomic mass is 10.1. The van der Waals surface area contributed by atoms with Crippen molar-refractivity contribution in [3.8, 4) is 0 Å². The van der Waals surface area contributed by atoms with Gasteiger partial charge in [-0.15, -0.1) is 0 Å². The Morgan fingerprint density at radius 2 is 2.37 bits per heavy atom. The first-order chi connectivity index (χ1) is 9.08. The minimum absolute atomic E-state index is 0.00688. The number of rotatable bonds is 4. The molecule has 1 aromatic rings. The molecule has 1 aliphatic rings. The molecule has 0 amide bonds. The van der Waals surface area contributed by atoms with Crippen LogP contribution in [0.2, 0.25) is 5.02 Å². The van der Waals surface area contributed by atoms with Crippen LogP contribution in [-0.4, -0.2) is 41.8 Å². The van der Waals surface area contributed by atoms with Crippen molar-refractivity contribution in [1.82, 2.24) is 4.90 Å². The van der Waals surface area contributed by atoms with Gasteiger partial charge in [0.1, 0.15) is 5.82 Å². The van der Waals surface area contributed by atoms with Gasteiger partial charge < -0.3 is 9.84 Å². The largest absolute Gasteiger partial charge is 0.481 e. The molecule has 1 fully saturated rings. The van der Waals surface area contributed by atoms with Crippen LogP contribution in [0.4, 0.5) is 4.39 Å². The number of ether oxygens (including phenoxy) is 1. The molecule has 1 aliphatic heterocycles. The van der Waals surface area contributed by atoms with Crippen LogP contribution in [0.25, 0.3) is 0 Å². The molecule has 6 heteroatoms. The zero-order valence-corrected chi connectivity index (χ0v) is 11.1. The van der Waals surface area contributed by atoms with Crippen molar-refractivity contribution in [2.75, 3.05) is 19.8 Å². The number of carbonyl (C=O) groups is 1. The second-order valence-electron chi connectivity index (χ2n) is 4.51. The fraction of sp³-hybridized carbons (Fsp3) is 0.462. The molecule has 4 nitrogen and oxygen atoms in total. The number of morpholine rings is 1. The summed E-state index contributed by atoms with van der Waals surface area (Å²) in [5.74, 6) is -1.33. The molecule has 0 bridgehead atoms. The molecule has 104 valence electrons. The summed E-state index contributed by atoms with van der Waals surface area (Å²) in [6, 6.07) is 4.45. The summed E-state index contributed by atoms with van der Waals surface area (Å²) in [6.45, 7) is 1.96. The van der Waals surface area contributed by atoms with Gasteiger partial charge >= 0.3 is 5.97 Å². The van der Waals surface area contributed by atoms with Gasteiger partial charge in [0.25, 0.3) is 0 Å². The maximum absolute atomic E-state index is 13.4. The molecule has 1 unspecified atom stereocenters. The third-order valence-electron chi connectivity index (χ3n) is 3.16. The van der Waals surface area contributed by atoms with Crippen molar-refractivity contribution >= 4 is 17.6 Å². The molecule has 0 radical (unpaired) electrons. The number of hydrogen-bond acceptors (Lipinski definition) is 3. The predicted molar refractivity (Wildman–Crippen MR) is 68.7 cm³/mol. The lowest BCUT2D eigenvalue weighted by molar-refractivity contribution is -0.140. The van der Waals surface area contributed by atoms with Crippen molar-refractivity contribution in [3.05, 3.63) is 34.6 Å². The minimum Gasteiger partial charge on any atom is -0.481 e. The first-order valence-electron chi connectivity index (χ1n) is 6.04. The lowest BCUT2D eigenvalue weighted by Gasteiger charge is -2.34. The van der Waals surface area contributed by atoms with Crippen LogP contribution in [0.1, 0.15) is 12.0 Å². The Morgan fingerprint density at radius 1 is 1.58 bits per heavy atom. The van der Waals surface area contributed by atoms with E-state index in [0.29, 0.717) is 31.9 Å². The molecule has 1 N–H and O–H groups in total. The highest BCUT2D eigenvalue weighted by molar-refractivity contribution is 6.31. The Labute approximate surface area is 115 Å². The van der Waals surface area contributed by atoms with Gasteiger partial charge in [0, 0.05) is 19.1 Å². The SMILES string of the molecule is O=C(O)CC1COCCN1Cc1cccc(F)c1Cl. The number of carboxylic acid groups (broad SMARTS) is 1. The van der Waals surface area contributed by atoms with Crippen LogP contribution in [0.3, 0.4) is 0 Å². The molecular formula is C13H15ClFNO3. The highest BCUT2D eigenvalue weighted by atomic mass is 35.5. The number of aliphatic carboxylic acids is 1. The van der Waals surface area contributed by atoms with Gasteiger partial charge in [0.05, 0.1) is 24.7 Å². The van der Waals surface area contributed by atoms with Gasteiger partial charge in [-0.25, -0.2) is 4.39 Å². The minimum atomic E-state index is -0.870. The molecule has 2 rings (SSSR count). The molecule has 0 spiro atoms. The lowest BCUT2D eigenvalue weighted by Crippen LogP contribution is -2.45. The fourth-order valence-corrected chi connectivity index (χ4v) is 2.36. The average Bonchev–Trinajstić information content (AvgIpc) is 2.36. The molecule has 0 aliphatic carbocycles. The van der Waals surface area contributed by atoms with E-state index in [1.807, 2.05) is 4.90 Å². The van der Waals surface area contributed by atoms with Crippen LogP contribution in [0.5, 0.6) is 0 Å². The van der Waals surface area contributed by atoms with Gasteiger partial charge in [0.2, 0.25) is 0 Å². The third-order valence-corrected chi connectivity index (χ3v) is 3.59. The summed E-state index contributed by atoms with van der Waals surface area (Å²) in [5.41, 5.74) is 0.666. The van der Waals surface area contributed by atoms with Crippen LogP contribution >= 0.6 is 11.6 Å². The molecular weight excluding hydrogens is 273 g/mol. The maximum Gasteiger partial charge on any atom is 0.305 e. The number of carboxylic acids is 1. The summed E-state index contributed by atoms with van der Waals surface area (Å²) < 4.78 is 18.7. The highest BCUT2D eigenvalue weighted by Gasteiger charge is 2.26. The van der Waals surface area contributed by atoms with E-state index in [4.69, 9.17) is 21.4 Å². The number of nitrogens with zero attached hydrogens (tertiary/aromatic N) is 1. The summed E-state index contributed by atoms with van der Waals surface area (Å²) in [5, 5.41) is 8.98. The van der Waals surface area contributed by atoms with Gasteiger partial charge in [-0.1, -0.05) is 23.7 Å². The van der Waals surface area contributed by atoms with Crippen molar-refractivity contribution < 1.29 is 19.0 Å². The predicted octanol–water partition coefficient (Wildman–Crippen LogP) is 2.15. The van der Waals surface area contributed by atoms with E-state index < -0.39 is 11.8 Å². The van der Waals surface area contributed by atoms with E-state index in [1.165, 1.54) is 6.07 Å². The Kier molecular flexibility index (Phi) is 4.74. The van der Waals surface area contributed by atoms with E-state index in [1.54, 1.807) is 12.1 Å². The van der Waals surface area contributed by atoms with Crippen molar-refractivity contribution in [2.45, 2.75) is 19.0 Å². The standard InChI is InChI=1S/C13H15ClFNO3/c14-13-9(2-1-3-11(13)15)7-16-4-5-19-8-10(16)6-12(17)18/h1-3,10H,4-8H2,(H,17,18). The van der Waals surface area contributed by atoms with Crippen molar-refractivity contribution in [1.29, 1.82) is 0 Å². The molecule has 1 saturated heterocycles. The van der Waals surface area contributed by atoms with E-state index in [-0.39, 0.29) is 17.5 Å². The topological polar surface area (TPSA) is 49.8 Å². The molecule has 1 heterocycles. The number of hydrogen-bond donors (Lipinski definition) is 1. The Balaban J connectivity index is 2.10. The molecule has 19 heavy (non-hydrogen) atoms. The zero-order chi connectivity index (χ0) is 13.8. The number of benzene rings is 1. The third kappa shape index (κ3) is 3.65. The maximum atomic E-state index is 13.4. The first-order valence-corrected chi connectivity index (χ1v) is 6.42. The van der Waals surface area contributed by atoms with Crippen LogP contribution in [0.15, 0.2) is 18.2 Å². The molecule has 1 atom stereocenters. The summed E-state index contributed by atoms with van der Waals surface area (Å²) >= 11 is 5.92. The molecule has 1 aromatic carbocycles. The smallest absolute Gasteiger partial charge is 0.305 e. The van der Waals surface area contributed by atoms with E-state index in [2.05, 4.69) is 0 Å². The Bertz CT molecular complexity index is 469.